The van der Waals surface area contributed by atoms with Gasteiger partial charge in [0.2, 0.25) is 0 Å². The van der Waals surface area contributed by atoms with E-state index in [1.807, 2.05) is 6.07 Å². The lowest BCUT2D eigenvalue weighted by molar-refractivity contribution is 0.853. The van der Waals surface area contributed by atoms with Gasteiger partial charge in [-0.1, -0.05) is 66.7 Å². The highest BCUT2D eigenvalue weighted by molar-refractivity contribution is 7.80. The molecule has 24 heavy (non-hydrogen) atoms. The van der Waals surface area contributed by atoms with Gasteiger partial charge in [0.1, 0.15) is 0 Å². The van der Waals surface area contributed by atoms with Crippen LogP contribution in [0.25, 0.3) is 10.8 Å². The van der Waals surface area contributed by atoms with Crippen LogP contribution in [0.5, 0.6) is 0 Å². The number of rotatable bonds is 5. The predicted molar refractivity (Wildman–Crippen MR) is 108 cm³/mol. The van der Waals surface area contributed by atoms with Gasteiger partial charge in [0.05, 0.1) is 5.69 Å². The number of fused-ring (bicyclic) bond motifs is 1. The van der Waals surface area contributed by atoms with Gasteiger partial charge >= 0.3 is 0 Å². The van der Waals surface area contributed by atoms with Crippen LogP contribution in [-0.2, 0) is 6.42 Å². The Morgan fingerprint density at radius 2 is 1.62 bits per heavy atom. The minimum absolute atomic E-state index is 0.782. The normalized spacial score (nSPS) is 10.5. The zero-order chi connectivity index (χ0) is 16.8. The molecule has 2 nitrogen and oxygen atoms in total. The Kier molecular flexibility index (Phi) is 5.44. The van der Waals surface area contributed by atoms with Crippen molar-refractivity contribution in [3.05, 3.63) is 78.4 Å². The Hall–Kier alpha value is -2.39. The molecule has 0 aliphatic carbocycles. The smallest absolute Gasteiger partial charge is 0.173 e. The molecule has 0 amide bonds. The molecule has 122 valence electrons. The Labute approximate surface area is 149 Å². The van der Waals surface area contributed by atoms with Gasteiger partial charge in [-0.25, -0.2) is 0 Å². The molecule has 0 spiro atoms. The number of thiocarbonyl (C=S) groups is 1. The lowest BCUT2D eigenvalue weighted by Crippen LogP contribution is -2.40. The summed E-state index contributed by atoms with van der Waals surface area (Å²) < 4.78 is 0. The second kappa shape index (κ2) is 7.93. The highest BCUT2D eigenvalue weighted by atomic mass is 32.1. The molecule has 0 saturated heterocycles. The van der Waals surface area contributed by atoms with Crippen LogP contribution in [-0.4, -0.2) is 18.2 Å². The number of hydrogen-bond acceptors (Lipinski definition) is 1. The molecule has 3 aromatic rings. The van der Waals surface area contributed by atoms with Crippen molar-refractivity contribution in [2.45, 2.75) is 13.3 Å². The Morgan fingerprint density at radius 1 is 0.917 bits per heavy atom. The van der Waals surface area contributed by atoms with Crippen LogP contribution in [0.15, 0.2) is 72.8 Å². The van der Waals surface area contributed by atoms with Crippen LogP contribution in [0.2, 0.25) is 0 Å². The molecule has 0 aromatic heterocycles. The maximum Gasteiger partial charge on any atom is 0.173 e. The third-order valence-corrected chi connectivity index (χ3v) is 4.52. The Bertz CT molecular complexity index is 809. The molecule has 0 heterocycles. The van der Waals surface area contributed by atoms with Gasteiger partial charge in [-0.05, 0) is 42.6 Å². The second-order valence-electron chi connectivity index (χ2n) is 5.71. The first kappa shape index (κ1) is 16.5. The van der Waals surface area contributed by atoms with Gasteiger partial charge in [-0.3, -0.25) is 0 Å². The molecule has 3 rings (SSSR count). The van der Waals surface area contributed by atoms with E-state index in [2.05, 4.69) is 83.9 Å². The van der Waals surface area contributed by atoms with E-state index in [0.717, 1.165) is 30.3 Å². The summed E-state index contributed by atoms with van der Waals surface area (Å²) >= 11 is 5.65. The molecule has 3 aromatic carbocycles. The quantitative estimate of drug-likeness (QED) is 0.676. The molecule has 0 unspecified atom stereocenters. The van der Waals surface area contributed by atoms with Gasteiger partial charge in [0.15, 0.2) is 5.11 Å². The summed E-state index contributed by atoms with van der Waals surface area (Å²) in [4.78, 5) is 2.17. The van der Waals surface area contributed by atoms with E-state index in [9.17, 15) is 0 Å². The minimum Gasteiger partial charge on any atom is -0.362 e. The minimum atomic E-state index is 0.782. The van der Waals surface area contributed by atoms with Crippen LogP contribution in [0.4, 0.5) is 5.69 Å². The SMILES string of the molecule is CCN(C(=S)NCCc1ccccc1)c1cccc2ccccc12. The maximum absolute atomic E-state index is 5.65. The molecular formula is C21H22N2S. The fourth-order valence-corrected chi connectivity index (χ4v) is 3.25. The first-order valence-corrected chi connectivity index (χ1v) is 8.77. The number of hydrogen-bond donors (Lipinski definition) is 1. The summed E-state index contributed by atoms with van der Waals surface area (Å²) in [6.45, 7) is 3.81. The van der Waals surface area contributed by atoms with Crippen molar-refractivity contribution in [2.75, 3.05) is 18.0 Å². The van der Waals surface area contributed by atoms with E-state index in [0.29, 0.717) is 0 Å². The molecular weight excluding hydrogens is 312 g/mol. The van der Waals surface area contributed by atoms with E-state index in [1.54, 1.807) is 0 Å². The van der Waals surface area contributed by atoms with Crippen LogP contribution >= 0.6 is 12.2 Å². The molecule has 0 fully saturated rings. The summed E-state index contributed by atoms with van der Waals surface area (Å²) in [6, 6.07) is 25.3. The standard InChI is InChI=1S/C21H22N2S/c1-2-23(20-14-8-12-18-11-6-7-13-19(18)20)21(24)22-16-15-17-9-4-3-5-10-17/h3-14H,2,15-16H2,1H3,(H,22,24). The van der Waals surface area contributed by atoms with Crippen LogP contribution in [0, 0.1) is 0 Å². The summed E-state index contributed by atoms with van der Waals surface area (Å²) in [7, 11) is 0. The van der Waals surface area contributed by atoms with Crippen LogP contribution in [0.1, 0.15) is 12.5 Å². The highest BCUT2D eigenvalue weighted by Crippen LogP contribution is 2.26. The molecule has 1 N–H and O–H groups in total. The number of anilines is 1. The lowest BCUT2D eigenvalue weighted by Gasteiger charge is -2.26. The summed E-state index contributed by atoms with van der Waals surface area (Å²) in [5, 5.41) is 6.65. The molecule has 0 saturated carbocycles. The van der Waals surface area contributed by atoms with Crippen molar-refractivity contribution in [3.8, 4) is 0 Å². The van der Waals surface area contributed by atoms with E-state index in [1.165, 1.54) is 16.3 Å². The first-order chi connectivity index (χ1) is 11.8. The van der Waals surface area contributed by atoms with Crippen LogP contribution < -0.4 is 10.2 Å². The van der Waals surface area contributed by atoms with Gasteiger partial charge in [0, 0.05) is 18.5 Å². The van der Waals surface area contributed by atoms with E-state index in [4.69, 9.17) is 12.2 Å². The van der Waals surface area contributed by atoms with Crippen LogP contribution in [0.3, 0.4) is 0 Å². The van der Waals surface area contributed by atoms with Crippen molar-refractivity contribution in [3.63, 3.8) is 0 Å². The maximum atomic E-state index is 5.65. The second-order valence-corrected chi connectivity index (χ2v) is 6.10. The average molecular weight is 334 g/mol. The van der Waals surface area contributed by atoms with Crippen molar-refractivity contribution < 1.29 is 0 Å². The Morgan fingerprint density at radius 3 is 2.42 bits per heavy atom. The summed E-state index contributed by atoms with van der Waals surface area (Å²) in [5.41, 5.74) is 2.48. The van der Waals surface area contributed by atoms with Gasteiger partial charge in [-0.2, -0.15) is 0 Å². The van der Waals surface area contributed by atoms with Gasteiger partial charge in [-0.15, -0.1) is 0 Å². The third-order valence-electron chi connectivity index (χ3n) is 4.15. The van der Waals surface area contributed by atoms with Crippen molar-refractivity contribution >= 4 is 33.8 Å². The highest BCUT2D eigenvalue weighted by Gasteiger charge is 2.12. The predicted octanol–water partition coefficient (Wildman–Crippen LogP) is 4.78. The van der Waals surface area contributed by atoms with E-state index < -0.39 is 0 Å². The van der Waals surface area contributed by atoms with Crippen molar-refractivity contribution in [1.29, 1.82) is 0 Å². The molecule has 0 atom stereocenters. The average Bonchev–Trinajstić information content (AvgIpc) is 2.63. The fourth-order valence-electron chi connectivity index (χ4n) is 2.92. The molecule has 0 bridgehead atoms. The monoisotopic (exact) mass is 334 g/mol. The fraction of sp³-hybridized carbons (Fsp3) is 0.190. The first-order valence-electron chi connectivity index (χ1n) is 8.36. The molecule has 0 radical (unpaired) electrons. The Balaban J connectivity index is 1.72. The van der Waals surface area contributed by atoms with E-state index >= 15 is 0 Å². The number of nitrogens with zero attached hydrogens (tertiary/aromatic N) is 1. The number of nitrogens with one attached hydrogen (secondary N) is 1. The zero-order valence-corrected chi connectivity index (χ0v) is 14.7. The molecule has 3 heteroatoms. The molecule has 0 aliphatic heterocycles. The summed E-state index contributed by atoms with van der Waals surface area (Å²) in [5.74, 6) is 0. The third kappa shape index (κ3) is 3.74. The molecule has 0 aliphatic rings. The number of benzene rings is 3. The largest absolute Gasteiger partial charge is 0.362 e. The topological polar surface area (TPSA) is 15.3 Å². The summed E-state index contributed by atoms with van der Waals surface area (Å²) in [6.07, 6.45) is 0.966. The zero-order valence-electron chi connectivity index (χ0n) is 13.9. The lowest BCUT2D eigenvalue weighted by atomic mass is 10.1. The van der Waals surface area contributed by atoms with Gasteiger partial charge in [0.25, 0.3) is 0 Å². The van der Waals surface area contributed by atoms with Gasteiger partial charge < -0.3 is 10.2 Å². The van der Waals surface area contributed by atoms with E-state index in [-0.39, 0.29) is 0 Å². The van der Waals surface area contributed by atoms with Crippen molar-refractivity contribution in [1.82, 2.24) is 5.32 Å². The van der Waals surface area contributed by atoms with Crippen molar-refractivity contribution in [2.24, 2.45) is 0 Å².